The average molecular weight is 271 g/mol. The smallest absolute Gasteiger partial charge is 0.129 e. The first-order chi connectivity index (χ1) is 9.59. The quantitative estimate of drug-likeness (QED) is 0.910. The Labute approximate surface area is 119 Å². The van der Waals surface area contributed by atoms with Gasteiger partial charge in [-0.1, -0.05) is 18.2 Å². The van der Waals surface area contributed by atoms with E-state index in [1.165, 1.54) is 0 Å². The standard InChI is InChI=1S/C16H21N3O/c1-16(2)11-19(7-8-20-16)15-9-12(10-17)13-5-3-4-6-14(13)18-15/h3-6,9H,7-8,10-11,17H2,1-2H3. The van der Waals surface area contributed by atoms with Gasteiger partial charge in [-0.25, -0.2) is 4.98 Å². The molecule has 1 saturated heterocycles. The largest absolute Gasteiger partial charge is 0.372 e. The van der Waals surface area contributed by atoms with E-state index in [0.717, 1.165) is 42.0 Å². The van der Waals surface area contributed by atoms with Crippen LogP contribution in [0.5, 0.6) is 0 Å². The van der Waals surface area contributed by atoms with E-state index in [0.29, 0.717) is 6.54 Å². The number of fused-ring (bicyclic) bond motifs is 1. The molecule has 0 aliphatic carbocycles. The van der Waals surface area contributed by atoms with E-state index in [1.807, 2.05) is 18.2 Å². The lowest BCUT2D eigenvalue weighted by molar-refractivity contribution is -0.0279. The second-order valence-corrected chi connectivity index (χ2v) is 5.89. The maximum Gasteiger partial charge on any atom is 0.129 e. The number of para-hydroxylation sites is 1. The number of rotatable bonds is 2. The van der Waals surface area contributed by atoms with Crippen molar-refractivity contribution >= 4 is 16.7 Å². The molecule has 0 radical (unpaired) electrons. The summed E-state index contributed by atoms with van der Waals surface area (Å²) in [5.41, 5.74) is 7.92. The van der Waals surface area contributed by atoms with Crippen LogP contribution in [-0.2, 0) is 11.3 Å². The number of aromatic nitrogens is 1. The number of morpholine rings is 1. The Morgan fingerprint density at radius 2 is 2.15 bits per heavy atom. The van der Waals surface area contributed by atoms with Gasteiger partial charge in [0.15, 0.2) is 0 Å². The van der Waals surface area contributed by atoms with Gasteiger partial charge in [0.25, 0.3) is 0 Å². The Balaban J connectivity index is 2.03. The number of benzene rings is 1. The molecule has 20 heavy (non-hydrogen) atoms. The van der Waals surface area contributed by atoms with E-state index >= 15 is 0 Å². The molecule has 4 nitrogen and oxygen atoms in total. The molecule has 2 N–H and O–H groups in total. The topological polar surface area (TPSA) is 51.4 Å². The fourth-order valence-electron chi connectivity index (χ4n) is 2.77. The first kappa shape index (κ1) is 13.3. The SMILES string of the molecule is CC1(C)CN(c2cc(CN)c3ccccc3n2)CCO1. The van der Waals surface area contributed by atoms with Gasteiger partial charge in [0, 0.05) is 25.0 Å². The Morgan fingerprint density at radius 1 is 1.35 bits per heavy atom. The molecule has 0 unspecified atom stereocenters. The Bertz CT molecular complexity index is 624. The zero-order valence-corrected chi connectivity index (χ0v) is 12.1. The molecule has 1 aliphatic heterocycles. The van der Waals surface area contributed by atoms with E-state index < -0.39 is 0 Å². The van der Waals surface area contributed by atoms with Gasteiger partial charge in [-0.3, -0.25) is 0 Å². The van der Waals surface area contributed by atoms with E-state index in [2.05, 4.69) is 30.9 Å². The van der Waals surface area contributed by atoms with Gasteiger partial charge in [0.2, 0.25) is 0 Å². The summed E-state index contributed by atoms with van der Waals surface area (Å²) in [6.07, 6.45) is 0. The van der Waals surface area contributed by atoms with E-state index in [1.54, 1.807) is 0 Å². The van der Waals surface area contributed by atoms with Crippen LogP contribution in [0.1, 0.15) is 19.4 Å². The molecule has 0 spiro atoms. The highest BCUT2D eigenvalue weighted by molar-refractivity contribution is 5.84. The molecule has 2 heterocycles. The number of nitrogens with zero attached hydrogens (tertiary/aromatic N) is 2. The molecule has 1 aromatic heterocycles. The van der Waals surface area contributed by atoms with Gasteiger partial charge < -0.3 is 15.4 Å². The summed E-state index contributed by atoms with van der Waals surface area (Å²) >= 11 is 0. The molecular weight excluding hydrogens is 250 g/mol. The highest BCUT2D eigenvalue weighted by Gasteiger charge is 2.28. The summed E-state index contributed by atoms with van der Waals surface area (Å²) < 4.78 is 5.77. The van der Waals surface area contributed by atoms with Crippen LogP contribution in [0.2, 0.25) is 0 Å². The minimum Gasteiger partial charge on any atom is -0.372 e. The third-order valence-corrected chi connectivity index (χ3v) is 3.76. The van der Waals surface area contributed by atoms with Gasteiger partial charge in [-0.05, 0) is 31.5 Å². The predicted octanol–water partition coefficient (Wildman–Crippen LogP) is 2.31. The zero-order chi connectivity index (χ0) is 14.2. The fraction of sp³-hybridized carbons (Fsp3) is 0.438. The minimum absolute atomic E-state index is 0.131. The highest BCUT2D eigenvalue weighted by Crippen LogP contribution is 2.26. The molecule has 1 aliphatic rings. The average Bonchev–Trinajstić information content (AvgIpc) is 2.45. The van der Waals surface area contributed by atoms with E-state index in [4.69, 9.17) is 15.5 Å². The van der Waals surface area contributed by atoms with Crippen molar-refractivity contribution in [3.05, 3.63) is 35.9 Å². The second kappa shape index (κ2) is 5.04. The number of hydrogen-bond donors (Lipinski definition) is 1. The number of pyridine rings is 1. The Kier molecular flexibility index (Phi) is 3.36. The monoisotopic (exact) mass is 271 g/mol. The summed E-state index contributed by atoms with van der Waals surface area (Å²) in [7, 11) is 0. The lowest BCUT2D eigenvalue weighted by Crippen LogP contribution is -2.48. The Morgan fingerprint density at radius 3 is 2.90 bits per heavy atom. The van der Waals surface area contributed by atoms with Crippen LogP contribution in [0.25, 0.3) is 10.9 Å². The van der Waals surface area contributed by atoms with E-state index in [9.17, 15) is 0 Å². The molecule has 0 saturated carbocycles. The van der Waals surface area contributed by atoms with Gasteiger partial charge in [0.1, 0.15) is 5.82 Å². The van der Waals surface area contributed by atoms with Gasteiger partial charge in [-0.15, -0.1) is 0 Å². The number of nitrogens with two attached hydrogens (primary N) is 1. The molecule has 4 heteroatoms. The van der Waals surface area contributed by atoms with Crippen LogP contribution in [0, 0.1) is 0 Å². The molecule has 1 aromatic carbocycles. The maximum atomic E-state index is 5.90. The molecule has 1 fully saturated rings. The minimum atomic E-state index is -0.131. The predicted molar refractivity (Wildman–Crippen MR) is 81.9 cm³/mol. The van der Waals surface area contributed by atoms with Crippen molar-refractivity contribution in [1.29, 1.82) is 0 Å². The number of hydrogen-bond acceptors (Lipinski definition) is 4. The van der Waals surface area contributed by atoms with Gasteiger partial charge in [-0.2, -0.15) is 0 Å². The zero-order valence-electron chi connectivity index (χ0n) is 12.1. The van der Waals surface area contributed by atoms with Crippen LogP contribution in [0.4, 0.5) is 5.82 Å². The van der Waals surface area contributed by atoms with Gasteiger partial charge >= 0.3 is 0 Å². The van der Waals surface area contributed by atoms with Crippen LogP contribution < -0.4 is 10.6 Å². The summed E-state index contributed by atoms with van der Waals surface area (Å²) in [5, 5.41) is 1.14. The molecule has 2 aromatic rings. The molecule has 0 atom stereocenters. The van der Waals surface area contributed by atoms with Crippen LogP contribution in [0.15, 0.2) is 30.3 Å². The lowest BCUT2D eigenvalue weighted by Gasteiger charge is -2.39. The van der Waals surface area contributed by atoms with Gasteiger partial charge in [0.05, 0.1) is 17.7 Å². The third kappa shape index (κ3) is 2.49. The van der Waals surface area contributed by atoms with Crippen molar-refractivity contribution in [2.24, 2.45) is 5.73 Å². The number of ether oxygens (including phenoxy) is 1. The molecular formula is C16H21N3O. The fourth-order valence-corrected chi connectivity index (χ4v) is 2.77. The van der Waals surface area contributed by atoms with Crippen LogP contribution >= 0.6 is 0 Å². The van der Waals surface area contributed by atoms with Crippen molar-refractivity contribution in [2.45, 2.75) is 26.0 Å². The summed E-state index contributed by atoms with van der Waals surface area (Å²) in [6, 6.07) is 10.3. The first-order valence-electron chi connectivity index (χ1n) is 7.07. The molecule has 0 amide bonds. The highest BCUT2D eigenvalue weighted by atomic mass is 16.5. The summed E-state index contributed by atoms with van der Waals surface area (Å²) in [6.45, 7) is 7.22. The second-order valence-electron chi connectivity index (χ2n) is 5.89. The summed E-state index contributed by atoms with van der Waals surface area (Å²) in [4.78, 5) is 7.07. The summed E-state index contributed by atoms with van der Waals surface area (Å²) in [5.74, 6) is 1.00. The van der Waals surface area contributed by atoms with E-state index in [-0.39, 0.29) is 5.60 Å². The van der Waals surface area contributed by atoms with Crippen molar-refractivity contribution in [2.75, 3.05) is 24.6 Å². The lowest BCUT2D eigenvalue weighted by atomic mass is 10.1. The molecule has 0 bridgehead atoms. The van der Waals surface area contributed by atoms with Crippen LogP contribution in [0.3, 0.4) is 0 Å². The first-order valence-corrected chi connectivity index (χ1v) is 7.07. The molecule has 3 rings (SSSR count). The number of anilines is 1. The Hall–Kier alpha value is -1.65. The molecule has 106 valence electrons. The van der Waals surface area contributed by atoms with Crippen LogP contribution in [-0.4, -0.2) is 30.3 Å². The maximum absolute atomic E-state index is 5.90. The third-order valence-electron chi connectivity index (χ3n) is 3.76. The van der Waals surface area contributed by atoms with Crippen molar-refractivity contribution in [3.8, 4) is 0 Å². The normalized spacial score (nSPS) is 18.4. The van der Waals surface area contributed by atoms with Crippen molar-refractivity contribution in [3.63, 3.8) is 0 Å². The van der Waals surface area contributed by atoms with Crippen molar-refractivity contribution in [1.82, 2.24) is 4.98 Å². The van der Waals surface area contributed by atoms with Crippen molar-refractivity contribution < 1.29 is 4.74 Å².